The highest BCUT2D eigenvalue weighted by Crippen LogP contribution is 2.39. The summed E-state index contributed by atoms with van der Waals surface area (Å²) in [5.41, 5.74) is 1.66. The largest absolute Gasteiger partial charge is 0.497 e. The third kappa shape index (κ3) is 4.09. The molecule has 9 heteroatoms. The Labute approximate surface area is 189 Å². The normalized spacial score (nSPS) is 25.2. The van der Waals surface area contributed by atoms with Gasteiger partial charge in [0.2, 0.25) is 6.29 Å². The maximum Gasteiger partial charge on any atom is 0.229 e. The van der Waals surface area contributed by atoms with Gasteiger partial charge in [0.25, 0.3) is 0 Å². The summed E-state index contributed by atoms with van der Waals surface area (Å²) in [6.07, 6.45) is -7.00. The van der Waals surface area contributed by atoms with Crippen molar-refractivity contribution in [2.75, 3.05) is 13.7 Å². The van der Waals surface area contributed by atoms with Gasteiger partial charge in [0.1, 0.15) is 41.3 Å². The van der Waals surface area contributed by atoms with E-state index in [-0.39, 0.29) is 23.3 Å². The first kappa shape index (κ1) is 23.2. The first-order valence-corrected chi connectivity index (χ1v) is 10.5. The Morgan fingerprint density at radius 3 is 2.30 bits per heavy atom. The molecule has 2 heterocycles. The number of aliphatic hydroxyl groups excluding tert-OH is 3. The van der Waals surface area contributed by atoms with E-state index in [0.29, 0.717) is 28.4 Å². The molecule has 5 atom stereocenters. The molecule has 1 aromatic carbocycles. The molecule has 0 spiro atoms. The second-order valence-corrected chi connectivity index (χ2v) is 8.02. The van der Waals surface area contributed by atoms with Gasteiger partial charge in [-0.25, -0.2) is 0 Å². The van der Waals surface area contributed by atoms with Crippen molar-refractivity contribution >= 4 is 0 Å². The average Bonchev–Trinajstić information content (AvgIpc) is 2.85. The molecule has 9 nitrogen and oxygen atoms in total. The predicted octanol–water partition coefficient (Wildman–Crippen LogP) is 0.948. The van der Waals surface area contributed by atoms with Crippen LogP contribution in [0.25, 0.3) is 22.6 Å². The number of ether oxygens (including phenoxy) is 3. The molecule has 0 radical (unpaired) electrons. The molecule has 2 aliphatic heterocycles. The molecule has 1 fully saturated rings. The molecular formula is C24H27O9+. The minimum Gasteiger partial charge on any atom is -0.497 e. The summed E-state index contributed by atoms with van der Waals surface area (Å²) in [5, 5.41) is 38.0. The number of hydrogen-bond donors (Lipinski definition) is 3. The van der Waals surface area contributed by atoms with Gasteiger partial charge in [0, 0.05) is 16.7 Å². The molecule has 176 valence electrons. The van der Waals surface area contributed by atoms with E-state index in [2.05, 4.69) is 0 Å². The topological polar surface area (TPSA) is 141 Å². The predicted molar refractivity (Wildman–Crippen MR) is 119 cm³/mol. The Morgan fingerprint density at radius 1 is 0.970 bits per heavy atom. The Kier molecular flexibility index (Phi) is 6.42. The number of benzene rings is 2. The molecule has 0 aromatic heterocycles. The van der Waals surface area contributed by atoms with E-state index in [1.54, 1.807) is 45.2 Å². The summed E-state index contributed by atoms with van der Waals surface area (Å²) in [7, 11) is 1.58. The van der Waals surface area contributed by atoms with Crippen LogP contribution in [0.1, 0.15) is 11.1 Å². The molecule has 1 aromatic rings. The third-order valence-corrected chi connectivity index (χ3v) is 5.94. The summed E-state index contributed by atoms with van der Waals surface area (Å²) in [6.45, 7) is 2.90. The van der Waals surface area contributed by atoms with Gasteiger partial charge < -0.3 is 39.1 Å². The average molecular weight is 459 g/mol. The first-order valence-electron chi connectivity index (χ1n) is 10.5. The summed E-state index contributed by atoms with van der Waals surface area (Å²) >= 11 is 0. The SMILES string of the molecule is COc1ccc(-c2ccc3c(O[C@@H]4O[C@H](C[OH2+])[C@@H](O)[C@H](O)[C@H]4O)c(C)c(=O)c(C)c-3o2)cc1. The lowest BCUT2D eigenvalue weighted by Crippen LogP contribution is -2.60. The van der Waals surface area contributed by atoms with Crippen molar-refractivity contribution in [3.05, 3.63) is 57.7 Å². The fourth-order valence-electron chi connectivity index (χ4n) is 3.94. The third-order valence-electron chi connectivity index (χ3n) is 5.94. The van der Waals surface area contributed by atoms with Gasteiger partial charge in [-0.05, 0) is 50.2 Å². The maximum absolute atomic E-state index is 12.9. The Balaban J connectivity index is 1.76. The summed E-state index contributed by atoms with van der Waals surface area (Å²) in [4.78, 5) is 12.9. The molecule has 1 aliphatic carbocycles. The quantitative estimate of drug-likeness (QED) is 0.479. The van der Waals surface area contributed by atoms with Crippen molar-refractivity contribution in [1.82, 2.24) is 0 Å². The van der Waals surface area contributed by atoms with E-state index in [1.807, 2.05) is 12.1 Å². The van der Waals surface area contributed by atoms with Crippen molar-refractivity contribution < 1.29 is 39.1 Å². The van der Waals surface area contributed by atoms with Crippen LogP contribution in [-0.2, 0) is 4.74 Å². The van der Waals surface area contributed by atoms with Crippen LogP contribution in [0.15, 0.2) is 45.6 Å². The van der Waals surface area contributed by atoms with Gasteiger partial charge in [-0.2, -0.15) is 0 Å². The smallest absolute Gasteiger partial charge is 0.229 e. The number of fused-ring (bicyclic) bond motifs is 1. The summed E-state index contributed by atoms with van der Waals surface area (Å²) in [6, 6.07) is 10.8. The van der Waals surface area contributed by atoms with Gasteiger partial charge in [-0.15, -0.1) is 0 Å². The van der Waals surface area contributed by atoms with Crippen LogP contribution in [0.4, 0.5) is 0 Å². The molecule has 5 N–H and O–H groups in total. The molecule has 0 unspecified atom stereocenters. The second-order valence-electron chi connectivity index (χ2n) is 8.02. The van der Waals surface area contributed by atoms with Gasteiger partial charge in [0.15, 0.2) is 18.1 Å². The van der Waals surface area contributed by atoms with Crippen LogP contribution >= 0.6 is 0 Å². The van der Waals surface area contributed by atoms with Crippen LogP contribution < -0.4 is 14.9 Å². The maximum atomic E-state index is 12.9. The lowest BCUT2D eigenvalue weighted by Gasteiger charge is -2.39. The Bertz CT molecular complexity index is 1150. The molecular weight excluding hydrogens is 432 g/mol. The fraction of sp³-hybridized carbons (Fsp3) is 0.375. The van der Waals surface area contributed by atoms with Crippen LogP contribution in [0, 0.1) is 13.8 Å². The van der Waals surface area contributed by atoms with E-state index in [1.165, 1.54) is 0 Å². The van der Waals surface area contributed by atoms with Crippen LogP contribution in [0.3, 0.4) is 0 Å². The number of methoxy groups -OCH3 is 1. The van der Waals surface area contributed by atoms with E-state index < -0.39 is 30.7 Å². The van der Waals surface area contributed by atoms with E-state index in [0.717, 1.165) is 5.56 Å². The Morgan fingerprint density at radius 2 is 1.67 bits per heavy atom. The zero-order valence-corrected chi connectivity index (χ0v) is 18.4. The molecule has 1 saturated heterocycles. The van der Waals surface area contributed by atoms with Crippen molar-refractivity contribution in [3.8, 4) is 34.1 Å². The van der Waals surface area contributed by atoms with Crippen LogP contribution in [0.5, 0.6) is 11.5 Å². The van der Waals surface area contributed by atoms with Gasteiger partial charge >= 0.3 is 0 Å². The molecule has 3 aliphatic rings. The van der Waals surface area contributed by atoms with Gasteiger partial charge in [-0.3, -0.25) is 4.79 Å². The first-order chi connectivity index (χ1) is 15.8. The molecule has 0 saturated carbocycles. The fourth-order valence-corrected chi connectivity index (χ4v) is 3.94. The highest BCUT2D eigenvalue weighted by atomic mass is 16.7. The van der Waals surface area contributed by atoms with E-state index in [9.17, 15) is 20.1 Å². The van der Waals surface area contributed by atoms with Crippen LogP contribution in [-0.4, -0.2) is 64.8 Å². The minimum absolute atomic E-state index is 0.141. The molecule has 0 amide bonds. The van der Waals surface area contributed by atoms with Crippen molar-refractivity contribution in [3.63, 3.8) is 0 Å². The van der Waals surface area contributed by atoms with Crippen molar-refractivity contribution in [2.45, 2.75) is 44.6 Å². The highest BCUT2D eigenvalue weighted by molar-refractivity contribution is 5.75. The molecule has 4 rings (SSSR count). The van der Waals surface area contributed by atoms with Gasteiger partial charge in [-0.1, -0.05) is 0 Å². The number of hydrogen-bond acceptors (Lipinski definition) is 8. The number of aliphatic hydroxyl groups is 3. The summed E-state index contributed by atoms with van der Waals surface area (Å²) < 4.78 is 22.6. The lowest BCUT2D eigenvalue weighted by molar-refractivity contribution is -0.277. The molecule has 0 bridgehead atoms. The lowest BCUT2D eigenvalue weighted by atomic mass is 9.97. The minimum atomic E-state index is -1.58. The Hall–Kier alpha value is -2.95. The monoisotopic (exact) mass is 459 g/mol. The highest BCUT2D eigenvalue weighted by Gasteiger charge is 2.46. The van der Waals surface area contributed by atoms with Gasteiger partial charge in [0.05, 0.1) is 12.7 Å². The van der Waals surface area contributed by atoms with Crippen LogP contribution in [0.2, 0.25) is 0 Å². The van der Waals surface area contributed by atoms with Crippen molar-refractivity contribution in [2.24, 2.45) is 0 Å². The summed E-state index contributed by atoms with van der Waals surface area (Å²) in [5.74, 6) is 1.69. The molecule has 33 heavy (non-hydrogen) atoms. The number of rotatable bonds is 5. The second kappa shape index (κ2) is 9.12. The zero-order chi connectivity index (χ0) is 23.9. The van der Waals surface area contributed by atoms with E-state index in [4.69, 9.17) is 23.7 Å². The van der Waals surface area contributed by atoms with Crippen molar-refractivity contribution in [1.29, 1.82) is 0 Å². The standard InChI is InChI=1S/C24H26O9/c1-11-18(26)12(2)23(33-24-21(29)20(28)19(27)17(10-25)32-24)15-8-9-16(31-22(11)15)13-4-6-14(30-3)7-5-13/h4-9,17,19-21,24-25,27-29H,10H2,1-3H3/p+1/t17-,19-,20+,21-,24+/m1/s1. The van der Waals surface area contributed by atoms with E-state index >= 15 is 0 Å². The zero-order valence-electron chi connectivity index (χ0n) is 18.4.